The van der Waals surface area contributed by atoms with E-state index in [1.165, 1.54) is 40.6 Å². The molecule has 0 radical (unpaired) electrons. The second-order valence-electron chi connectivity index (χ2n) is 6.44. The number of hydrogen-bond acceptors (Lipinski definition) is 7. The number of ether oxygens (including phenoxy) is 1. The van der Waals surface area contributed by atoms with E-state index in [4.69, 9.17) is 4.74 Å². The maximum absolute atomic E-state index is 12.6. The van der Waals surface area contributed by atoms with Crippen molar-refractivity contribution in [1.29, 1.82) is 0 Å². The van der Waals surface area contributed by atoms with Crippen LogP contribution in [0.4, 0.5) is 0 Å². The number of aromatic nitrogens is 2. The van der Waals surface area contributed by atoms with E-state index in [0.717, 1.165) is 34.5 Å². The molecule has 1 aliphatic carbocycles. The number of Topliss-reactive ketones (excluding diaryl/α,β-unsaturated/α-hetero) is 1. The van der Waals surface area contributed by atoms with Crippen molar-refractivity contribution in [1.82, 2.24) is 9.97 Å². The van der Waals surface area contributed by atoms with Crippen LogP contribution in [0.15, 0.2) is 41.0 Å². The van der Waals surface area contributed by atoms with Gasteiger partial charge in [-0.1, -0.05) is 23.9 Å². The Morgan fingerprint density at radius 1 is 1.22 bits per heavy atom. The minimum Gasteiger partial charge on any atom is -0.454 e. The maximum atomic E-state index is 12.6. The fraction of sp³-hybridized carbons (Fsp3) is 0.300. The van der Waals surface area contributed by atoms with Crippen molar-refractivity contribution in [2.45, 2.75) is 37.3 Å². The lowest BCUT2D eigenvalue weighted by molar-refractivity contribution is -0.143. The predicted molar refractivity (Wildman–Crippen MR) is 106 cm³/mol. The number of aryl methyl sites for hydroxylation is 2. The van der Waals surface area contributed by atoms with Crippen LogP contribution in [0.1, 0.15) is 34.8 Å². The van der Waals surface area contributed by atoms with Crippen molar-refractivity contribution in [3.8, 4) is 0 Å². The van der Waals surface area contributed by atoms with Gasteiger partial charge in [0.15, 0.2) is 6.10 Å². The number of benzene rings is 1. The molecule has 7 heteroatoms. The number of carbonyl (C=O) groups excluding carboxylic acids is 2. The summed E-state index contributed by atoms with van der Waals surface area (Å²) in [5.41, 5.74) is 3.16. The standard InChI is InChI=1S/C20H18N2O3S2/c1-12(18(24)15-6-5-13-3-2-4-14(13)9-15)25-17(23)10-27-20-16-7-8-26-19(16)21-11-22-20/h5-9,11-12H,2-4,10H2,1H3/t12-/m1/s1. The molecule has 0 unspecified atom stereocenters. The Morgan fingerprint density at radius 2 is 2.07 bits per heavy atom. The fourth-order valence-electron chi connectivity index (χ4n) is 3.25. The number of thiophene rings is 1. The Hall–Kier alpha value is -2.25. The monoisotopic (exact) mass is 398 g/mol. The fourth-order valence-corrected chi connectivity index (χ4v) is 4.82. The second-order valence-corrected chi connectivity index (χ2v) is 8.30. The molecule has 0 N–H and O–H groups in total. The Bertz CT molecular complexity index is 1020. The third-order valence-corrected chi connectivity index (χ3v) is 6.41. The molecule has 5 nitrogen and oxygen atoms in total. The summed E-state index contributed by atoms with van der Waals surface area (Å²) in [5, 5.41) is 3.62. The molecule has 138 valence electrons. The van der Waals surface area contributed by atoms with Gasteiger partial charge in [-0.05, 0) is 54.8 Å². The van der Waals surface area contributed by atoms with Gasteiger partial charge < -0.3 is 4.74 Å². The molecule has 0 bridgehead atoms. The number of fused-ring (bicyclic) bond motifs is 2. The van der Waals surface area contributed by atoms with Crippen molar-refractivity contribution in [2.24, 2.45) is 0 Å². The molecule has 0 saturated heterocycles. The molecule has 2 heterocycles. The number of carbonyl (C=O) groups is 2. The Kier molecular flexibility index (Phi) is 5.22. The van der Waals surface area contributed by atoms with Crippen LogP contribution < -0.4 is 0 Å². The van der Waals surface area contributed by atoms with Gasteiger partial charge in [0.25, 0.3) is 0 Å². The third kappa shape index (κ3) is 3.89. The largest absolute Gasteiger partial charge is 0.454 e. The average Bonchev–Trinajstić information content (AvgIpc) is 3.34. The molecule has 0 spiro atoms. The lowest BCUT2D eigenvalue weighted by atomic mass is 10.0. The molecule has 4 rings (SSSR count). The summed E-state index contributed by atoms with van der Waals surface area (Å²) in [5.74, 6) is -0.488. The van der Waals surface area contributed by atoms with Gasteiger partial charge in [0.2, 0.25) is 5.78 Å². The van der Waals surface area contributed by atoms with Crippen LogP contribution in [0.3, 0.4) is 0 Å². The van der Waals surface area contributed by atoms with E-state index in [1.54, 1.807) is 6.92 Å². The molecule has 1 atom stereocenters. The van der Waals surface area contributed by atoms with Crippen molar-refractivity contribution < 1.29 is 14.3 Å². The molecule has 0 aliphatic heterocycles. The summed E-state index contributed by atoms with van der Waals surface area (Å²) in [4.78, 5) is 34.1. The zero-order valence-electron chi connectivity index (χ0n) is 14.8. The molecule has 3 aromatic rings. The van der Waals surface area contributed by atoms with Crippen LogP contribution in [-0.2, 0) is 22.4 Å². The molecule has 1 aliphatic rings. The van der Waals surface area contributed by atoms with E-state index in [9.17, 15) is 9.59 Å². The minimum absolute atomic E-state index is 0.101. The topological polar surface area (TPSA) is 69.2 Å². The van der Waals surface area contributed by atoms with Crippen LogP contribution in [0.25, 0.3) is 10.2 Å². The van der Waals surface area contributed by atoms with Crippen LogP contribution in [0.5, 0.6) is 0 Å². The van der Waals surface area contributed by atoms with Gasteiger partial charge in [0.05, 0.1) is 5.75 Å². The Morgan fingerprint density at radius 3 is 2.96 bits per heavy atom. The van der Waals surface area contributed by atoms with Crippen molar-refractivity contribution in [3.63, 3.8) is 0 Å². The van der Waals surface area contributed by atoms with Crippen molar-refractivity contribution in [2.75, 3.05) is 5.75 Å². The first-order valence-corrected chi connectivity index (χ1v) is 10.6. The number of hydrogen-bond donors (Lipinski definition) is 0. The molecule has 2 aromatic heterocycles. The van der Waals surface area contributed by atoms with Crippen LogP contribution in [0.2, 0.25) is 0 Å². The van der Waals surface area contributed by atoms with Gasteiger partial charge in [-0.15, -0.1) is 11.3 Å². The van der Waals surface area contributed by atoms with Crippen LogP contribution in [-0.4, -0.2) is 33.6 Å². The highest BCUT2D eigenvalue weighted by atomic mass is 32.2. The SMILES string of the molecule is C[C@@H](OC(=O)CSc1ncnc2sccc12)C(=O)c1ccc2c(c1)CCC2. The number of thioether (sulfide) groups is 1. The van der Waals surface area contributed by atoms with Crippen LogP contribution in [0, 0.1) is 0 Å². The quantitative estimate of drug-likeness (QED) is 0.270. The number of ketones is 1. The first-order chi connectivity index (χ1) is 13.1. The highest BCUT2D eigenvalue weighted by molar-refractivity contribution is 8.00. The highest BCUT2D eigenvalue weighted by Gasteiger charge is 2.22. The molecular formula is C20H18N2O3S2. The Balaban J connectivity index is 1.36. The number of rotatable bonds is 6. The molecule has 1 aromatic carbocycles. The summed E-state index contributed by atoms with van der Waals surface area (Å²) in [6, 6.07) is 7.73. The van der Waals surface area contributed by atoms with E-state index in [1.807, 2.05) is 29.6 Å². The number of esters is 1. The normalized spacial score (nSPS) is 14.1. The Labute approximate surface area is 165 Å². The lowest BCUT2D eigenvalue weighted by Crippen LogP contribution is -2.25. The van der Waals surface area contributed by atoms with E-state index >= 15 is 0 Å². The maximum Gasteiger partial charge on any atom is 0.317 e. The van der Waals surface area contributed by atoms with E-state index in [-0.39, 0.29) is 11.5 Å². The van der Waals surface area contributed by atoms with E-state index < -0.39 is 12.1 Å². The molecular weight excluding hydrogens is 380 g/mol. The van der Waals surface area contributed by atoms with Gasteiger partial charge in [0.1, 0.15) is 16.2 Å². The van der Waals surface area contributed by atoms with Gasteiger partial charge in [-0.3, -0.25) is 9.59 Å². The summed E-state index contributed by atoms with van der Waals surface area (Å²) in [6.07, 6.45) is 3.91. The lowest BCUT2D eigenvalue weighted by Gasteiger charge is -2.13. The smallest absolute Gasteiger partial charge is 0.317 e. The summed E-state index contributed by atoms with van der Waals surface area (Å²) < 4.78 is 5.35. The summed E-state index contributed by atoms with van der Waals surface area (Å²) in [6.45, 7) is 1.62. The van der Waals surface area contributed by atoms with Gasteiger partial charge in [-0.2, -0.15) is 0 Å². The molecule has 0 amide bonds. The molecule has 0 saturated carbocycles. The van der Waals surface area contributed by atoms with Gasteiger partial charge in [0, 0.05) is 10.9 Å². The highest BCUT2D eigenvalue weighted by Crippen LogP contribution is 2.28. The first-order valence-electron chi connectivity index (χ1n) is 8.78. The first kappa shape index (κ1) is 18.1. The zero-order valence-corrected chi connectivity index (χ0v) is 16.4. The third-order valence-electron chi connectivity index (χ3n) is 4.61. The second kappa shape index (κ2) is 7.78. The van der Waals surface area contributed by atoms with Crippen molar-refractivity contribution >= 4 is 45.1 Å². The number of nitrogens with zero attached hydrogens (tertiary/aromatic N) is 2. The van der Waals surface area contributed by atoms with E-state index in [0.29, 0.717) is 5.56 Å². The van der Waals surface area contributed by atoms with Crippen LogP contribution >= 0.6 is 23.1 Å². The summed E-state index contributed by atoms with van der Waals surface area (Å²) >= 11 is 2.83. The molecule has 0 fully saturated rings. The predicted octanol–water partition coefficient (Wildman–Crippen LogP) is 4.09. The zero-order chi connectivity index (χ0) is 18.8. The van der Waals surface area contributed by atoms with Gasteiger partial charge >= 0.3 is 5.97 Å². The summed E-state index contributed by atoms with van der Waals surface area (Å²) in [7, 11) is 0. The van der Waals surface area contributed by atoms with E-state index in [2.05, 4.69) is 9.97 Å². The van der Waals surface area contributed by atoms with Gasteiger partial charge in [-0.25, -0.2) is 9.97 Å². The van der Waals surface area contributed by atoms with Crippen molar-refractivity contribution in [3.05, 3.63) is 52.7 Å². The molecule has 27 heavy (non-hydrogen) atoms. The average molecular weight is 399 g/mol. The minimum atomic E-state index is -0.802.